The average Bonchev–Trinajstić information content (AvgIpc) is 2.36. The summed E-state index contributed by atoms with van der Waals surface area (Å²) < 4.78 is 46.6. The van der Waals surface area contributed by atoms with Crippen molar-refractivity contribution < 1.29 is 16.8 Å². The third kappa shape index (κ3) is 4.38. The van der Waals surface area contributed by atoms with Crippen LogP contribution in [0.25, 0.3) is 0 Å². The number of sulfonamides is 1. The average molecular weight is 355 g/mol. The fourth-order valence-corrected chi connectivity index (χ4v) is 2.85. The number of sulfone groups is 1. The normalized spacial score (nSPS) is 12.5. The molecule has 0 aliphatic carbocycles. The van der Waals surface area contributed by atoms with E-state index in [1.165, 1.54) is 24.3 Å². The van der Waals surface area contributed by atoms with Crippen LogP contribution in [0.2, 0.25) is 0 Å². The zero-order chi connectivity index (χ0) is 15.4. The van der Waals surface area contributed by atoms with Crippen molar-refractivity contribution in [3.8, 4) is 6.07 Å². The molecule has 0 unspecified atom stereocenters. The zero-order valence-electron chi connectivity index (χ0n) is 9.69. The summed E-state index contributed by atoms with van der Waals surface area (Å²) in [6.07, 6.45) is 0.831. The Balaban J connectivity index is 3.02. The molecule has 1 rings (SSSR count). The van der Waals surface area contributed by atoms with Crippen LogP contribution in [0, 0.1) is 11.3 Å². The molecule has 1 aromatic rings. The Morgan fingerprint density at radius 2 is 1.70 bits per heavy atom. The Morgan fingerprint density at radius 1 is 1.15 bits per heavy atom. The Morgan fingerprint density at radius 3 is 2.15 bits per heavy atom. The van der Waals surface area contributed by atoms with Crippen LogP contribution in [0.3, 0.4) is 0 Å². The molecule has 1 aromatic carbocycles. The first kappa shape index (κ1) is 16.8. The van der Waals surface area contributed by atoms with Crippen molar-refractivity contribution in [2.24, 2.45) is 0 Å². The summed E-state index contributed by atoms with van der Waals surface area (Å²) in [4.78, 5) is -0.0831. The summed E-state index contributed by atoms with van der Waals surface area (Å²) in [5.74, 6) is 0. The van der Waals surface area contributed by atoms with Crippen LogP contribution >= 0.6 is 23.2 Å². The highest BCUT2D eigenvalue weighted by atomic mass is 35.5. The van der Waals surface area contributed by atoms with Crippen LogP contribution in [-0.2, 0) is 19.9 Å². The molecule has 0 atom stereocenters. The van der Waals surface area contributed by atoms with E-state index >= 15 is 0 Å². The van der Waals surface area contributed by atoms with E-state index in [1.807, 2.05) is 0 Å². The van der Waals surface area contributed by atoms with E-state index in [0.717, 1.165) is 11.5 Å². The van der Waals surface area contributed by atoms with Crippen LogP contribution in [0.5, 0.6) is 0 Å². The Kier molecular flexibility index (Phi) is 5.42. The molecule has 1 N–H and O–H groups in total. The van der Waals surface area contributed by atoms with Gasteiger partial charge in [0.2, 0.25) is 14.0 Å². The van der Waals surface area contributed by atoms with Gasteiger partial charge in [0.05, 0.1) is 11.0 Å². The molecule has 0 amide bonds. The van der Waals surface area contributed by atoms with Crippen molar-refractivity contribution in [1.29, 1.82) is 5.26 Å². The molecule has 0 bridgehead atoms. The van der Waals surface area contributed by atoms with E-state index in [0.29, 0.717) is 0 Å². The minimum absolute atomic E-state index is 0.0831. The van der Waals surface area contributed by atoms with Gasteiger partial charge in [-0.25, -0.2) is 16.8 Å². The molecule has 0 aromatic heterocycles. The van der Waals surface area contributed by atoms with Crippen LogP contribution in [-0.4, -0.2) is 21.0 Å². The number of allylic oxidation sites excluding steroid dienone is 1. The number of anilines is 1. The number of benzene rings is 1. The van der Waals surface area contributed by atoms with E-state index < -0.39 is 24.0 Å². The fourth-order valence-electron chi connectivity index (χ4n) is 1.12. The maximum atomic E-state index is 11.7. The minimum Gasteiger partial charge on any atom is -0.281 e. The number of nitriles is 1. The van der Waals surface area contributed by atoms with Crippen molar-refractivity contribution in [2.45, 2.75) is 9.06 Å². The Labute approximate surface area is 126 Å². The van der Waals surface area contributed by atoms with Crippen molar-refractivity contribution in [2.75, 3.05) is 4.72 Å². The lowest BCUT2D eigenvalue weighted by molar-refractivity contribution is 0.603. The molecule has 108 valence electrons. The first-order valence-corrected chi connectivity index (χ1v) is 8.87. The van der Waals surface area contributed by atoms with Crippen LogP contribution in [0.4, 0.5) is 5.69 Å². The number of alkyl halides is 2. The lowest BCUT2D eigenvalue weighted by Gasteiger charge is -2.08. The van der Waals surface area contributed by atoms with Gasteiger partial charge in [-0.2, -0.15) is 5.26 Å². The lowest BCUT2D eigenvalue weighted by atomic mass is 10.3. The predicted molar refractivity (Wildman–Crippen MR) is 76.4 cm³/mol. The van der Waals surface area contributed by atoms with E-state index in [9.17, 15) is 16.8 Å². The van der Waals surface area contributed by atoms with E-state index in [2.05, 4.69) is 4.72 Å². The number of nitrogens with zero attached hydrogens (tertiary/aromatic N) is 1. The molecular weight excluding hydrogens is 347 g/mol. The molecule has 0 saturated heterocycles. The van der Waals surface area contributed by atoms with Gasteiger partial charge in [-0.3, -0.25) is 4.72 Å². The topological polar surface area (TPSA) is 104 Å². The summed E-state index contributed by atoms with van der Waals surface area (Å²) in [5, 5.41) is 9.05. The van der Waals surface area contributed by atoms with Crippen molar-refractivity contribution in [3.05, 3.63) is 35.7 Å². The van der Waals surface area contributed by atoms with Crippen LogP contribution < -0.4 is 4.72 Å². The molecule has 0 radical (unpaired) electrons. The van der Waals surface area contributed by atoms with E-state index in [-0.39, 0.29) is 10.6 Å². The molecule has 6 nitrogen and oxygen atoms in total. The Hall–Kier alpha value is -1.27. The lowest BCUT2D eigenvalue weighted by Crippen LogP contribution is -2.19. The summed E-state index contributed by atoms with van der Waals surface area (Å²) in [5.41, 5.74) is 0.111. The Bertz CT molecular complexity index is 747. The highest BCUT2D eigenvalue weighted by molar-refractivity contribution is 7.95. The molecule has 0 aliphatic rings. The molecule has 0 saturated carbocycles. The predicted octanol–water partition coefficient (Wildman–Crippen LogP) is 2.00. The van der Waals surface area contributed by atoms with Gasteiger partial charge in [-0.05, 0) is 24.3 Å². The maximum absolute atomic E-state index is 11.7. The first-order chi connectivity index (χ1) is 9.19. The number of nitrogens with one attached hydrogen (secondary N) is 1. The number of hydrogen-bond acceptors (Lipinski definition) is 5. The van der Waals surface area contributed by atoms with Gasteiger partial charge in [-0.15, -0.1) is 0 Å². The summed E-state index contributed by atoms with van der Waals surface area (Å²) in [7, 11) is -7.67. The van der Waals surface area contributed by atoms with Gasteiger partial charge < -0.3 is 0 Å². The monoisotopic (exact) mass is 354 g/mol. The van der Waals surface area contributed by atoms with Crippen molar-refractivity contribution in [1.82, 2.24) is 0 Å². The molecule has 0 spiro atoms. The number of rotatable bonds is 5. The van der Waals surface area contributed by atoms with Gasteiger partial charge >= 0.3 is 0 Å². The SMILES string of the molecule is N#C/C=C/S(=O)(=O)c1ccc(NS(=O)(=O)C(Cl)Cl)cc1. The smallest absolute Gasteiger partial charge is 0.264 e. The second-order valence-corrected chi connectivity index (χ2v) is 8.62. The first-order valence-electron chi connectivity index (χ1n) is 4.90. The second-order valence-electron chi connectivity index (χ2n) is 3.41. The van der Waals surface area contributed by atoms with Gasteiger partial charge in [-0.1, -0.05) is 23.2 Å². The molecule has 10 heteroatoms. The summed E-state index contributed by atoms with van der Waals surface area (Å²) >= 11 is 10.5. The summed E-state index contributed by atoms with van der Waals surface area (Å²) in [6.45, 7) is 0. The molecule has 20 heavy (non-hydrogen) atoms. The molecule has 0 fully saturated rings. The standard InChI is InChI=1S/C10H8Cl2N2O4S2/c11-10(12)20(17,18)14-8-2-4-9(5-3-8)19(15,16)7-1-6-13/h1-5,7,10,14H/b7-1+. The third-order valence-corrected chi connectivity index (χ3v) is 5.82. The van der Waals surface area contributed by atoms with Crippen LogP contribution in [0.15, 0.2) is 40.6 Å². The number of halogens is 2. The van der Waals surface area contributed by atoms with Gasteiger partial charge in [0.25, 0.3) is 10.0 Å². The van der Waals surface area contributed by atoms with E-state index in [4.69, 9.17) is 28.5 Å². The number of hydrogen-bond donors (Lipinski definition) is 1. The highest BCUT2D eigenvalue weighted by Gasteiger charge is 2.20. The quantitative estimate of drug-likeness (QED) is 0.643. The van der Waals surface area contributed by atoms with Crippen molar-refractivity contribution in [3.63, 3.8) is 0 Å². The summed E-state index contributed by atoms with van der Waals surface area (Å²) in [6, 6.07) is 6.42. The zero-order valence-corrected chi connectivity index (χ0v) is 12.8. The van der Waals surface area contributed by atoms with Crippen molar-refractivity contribution >= 4 is 48.7 Å². The van der Waals surface area contributed by atoms with Gasteiger partial charge in [0, 0.05) is 17.2 Å². The van der Waals surface area contributed by atoms with Gasteiger partial charge in [0.15, 0.2) is 0 Å². The largest absolute Gasteiger partial charge is 0.281 e. The molecular formula is C10H8Cl2N2O4S2. The molecule has 0 heterocycles. The second kappa shape index (κ2) is 6.45. The minimum atomic E-state index is -3.94. The van der Waals surface area contributed by atoms with E-state index in [1.54, 1.807) is 6.07 Å². The fraction of sp³-hybridized carbons (Fsp3) is 0.100. The van der Waals surface area contributed by atoms with Crippen LogP contribution in [0.1, 0.15) is 0 Å². The highest BCUT2D eigenvalue weighted by Crippen LogP contribution is 2.19. The third-order valence-electron chi connectivity index (χ3n) is 2.00. The van der Waals surface area contributed by atoms with Gasteiger partial charge in [0.1, 0.15) is 0 Å². The maximum Gasteiger partial charge on any atom is 0.264 e. The molecule has 0 aliphatic heterocycles.